The third kappa shape index (κ3) is 3.80. The Hall–Kier alpha value is -1.27. The normalized spacial score (nSPS) is 10.9. The Bertz CT molecular complexity index is 847. The summed E-state index contributed by atoms with van der Waals surface area (Å²) >= 11 is 15.3. The molecule has 3 rings (SSSR count). The first-order valence-corrected chi connectivity index (χ1v) is 9.33. The molecule has 0 saturated carbocycles. The van der Waals surface area contributed by atoms with E-state index < -0.39 is 0 Å². The lowest BCUT2D eigenvalue weighted by Gasteiger charge is -2.10. The summed E-state index contributed by atoms with van der Waals surface area (Å²) in [5.41, 5.74) is 2.28. The van der Waals surface area contributed by atoms with Crippen molar-refractivity contribution < 1.29 is 4.79 Å². The molecule has 0 aliphatic rings. The maximum absolute atomic E-state index is 12.1. The highest BCUT2D eigenvalue weighted by Crippen LogP contribution is 2.33. The van der Waals surface area contributed by atoms with E-state index >= 15 is 0 Å². The van der Waals surface area contributed by atoms with Gasteiger partial charge in [-0.3, -0.25) is 4.79 Å². The summed E-state index contributed by atoms with van der Waals surface area (Å²) in [5.74, 6) is 0.0871. The van der Waals surface area contributed by atoms with Crippen molar-refractivity contribution in [1.82, 2.24) is 4.98 Å². The predicted molar refractivity (Wildman–Crippen MR) is 100 cm³/mol. The molecule has 0 bridgehead atoms. The van der Waals surface area contributed by atoms with Gasteiger partial charge in [-0.1, -0.05) is 53.2 Å². The van der Waals surface area contributed by atoms with E-state index in [1.807, 2.05) is 37.3 Å². The topological polar surface area (TPSA) is 42.0 Å². The summed E-state index contributed by atoms with van der Waals surface area (Å²) < 4.78 is 1.97. The number of amides is 1. The maximum Gasteiger partial charge on any atom is 0.234 e. The molecule has 3 nitrogen and oxygen atoms in total. The quantitative estimate of drug-likeness (QED) is 0.593. The first kappa shape index (κ1) is 16.6. The van der Waals surface area contributed by atoms with Crippen LogP contribution < -0.4 is 5.32 Å². The molecule has 3 aromatic rings. The predicted octanol–water partition coefficient (Wildman–Crippen LogP) is 5.64. The number of aryl methyl sites for hydroxylation is 1. The molecule has 0 unspecified atom stereocenters. The Kier molecular flexibility index (Phi) is 5.11. The second-order valence-electron chi connectivity index (χ2n) is 4.84. The average Bonchev–Trinajstić information content (AvgIpc) is 2.96. The minimum absolute atomic E-state index is 0.163. The van der Waals surface area contributed by atoms with E-state index in [4.69, 9.17) is 23.2 Å². The van der Waals surface area contributed by atoms with E-state index in [0.717, 1.165) is 20.1 Å². The van der Waals surface area contributed by atoms with E-state index in [1.165, 1.54) is 11.8 Å². The zero-order valence-corrected chi connectivity index (χ0v) is 15.2. The molecule has 0 aliphatic carbocycles. The van der Waals surface area contributed by atoms with Gasteiger partial charge in [0.25, 0.3) is 0 Å². The zero-order valence-electron chi connectivity index (χ0n) is 12.1. The van der Waals surface area contributed by atoms with Crippen molar-refractivity contribution in [1.29, 1.82) is 0 Å². The number of rotatable bonds is 4. The number of nitrogens with one attached hydrogen (secondary N) is 1. The van der Waals surface area contributed by atoms with Gasteiger partial charge in [-0.05, 0) is 30.7 Å². The number of hydrogen-bond acceptors (Lipinski definition) is 4. The molecule has 0 aliphatic heterocycles. The number of carbonyl (C=O) groups is 1. The Morgan fingerprint density at radius 1 is 1.26 bits per heavy atom. The van der Waals surface area contributed by atoms with Crippen LogP contribution in [0.15, 0.2) is 40.7 Å². The van der Waals surface area contributed by atoms with Crippen molar-refractivity contribution in [2.24, 2.45) is 0 Å². The number of para-hydroxylation sites is 1. The average molecular weight is 383 g/mol. The molecule has 1 heterocycles. The van der Waals surface area contributed by atoms with Gasteiger partial charge >= 0.3 is 0 Å². The standard InChI is InChI=1S/C16H12Cl2N2OS2/c1-9-6-7-10(17)15(14(9)18)20-13(21)8-22-16-19-11-4-2-3-5-12(11)23-16/h2-7H,8H2,1H3,(H,20,21). The van der Waals surface area contributed by atoms with E-state index in [1.54, 1.807) is 17.4 Å². The number of thiazole rings is 1. The van der Waals surface area contributed by atoms with Crippen LogP contribution >= 0.6 is 46.3 Å². The van der Waals surface area contributed by atoms with Crippen LogP contribution in [0, 0.1) is 6.92 Å². The smallest absolute Gasteiger partial charge is 0.234 e. The molecule has 1 N–H and O–H groups in total. The minimum atomic E-state index is -0.163. The summed E-state index contributed by atoms with van der Waals surface area (Å²) in [7, 11) is 0. The van der Waals surface area contributed by atoms with E-state index in [-0.39, 0.29) is 11.7 Å². The van der Waals surface area contributed by atoms with Crippen LogP contribution in [0.4, 0.5) is 5.69 Å². The maximum atomic E-state index is 12.1. The molecule has 0 spiro atoms. The number of hydrogen-bond donors (Lipinski definition) is 1. The second-order valence-corrected chi connectivity index (χ2v) is 7.88. The van der Waals surface area contributed by atoms with Crippen LogP contribution in [0.1, 0.15) is 5.56 Å². The lowest BCUT2D eigenvalue weighted by Crippen LogP contribution is -2.14. The second kappa shape index (κ2) is 7.09. The highest BCUT2D eigenvalue weighted by Gasteiger charge is 2.13. The zero-order chi connectivity index (χ0) is 16.4. The Balaban J connectivity index is 1.67. The summed E-state index contributed by atoms with van der Waals surface area (Å²) in [4.78, 5) is 16.6. The molecule has 1 aromatic heterocycles. The molecular weight excluding hydrogens is 371 g/mol. The van der Waals surface area contributed by atoms with E-state index in [0.29, 0.717) is 15.7 Å². The molecular formula is C16H12Cl2N2OS2. The van der Waals surface area contributed by atoms with Gasteiger partial charge in [-0.2, -0.15) is 0 Å². The largest absolute Gasteiger partial charge is 0.323 e. The highest BCUT2D eigenvalue weighted by molar-refractivity contribution is 8.01. The molecule has 0 atom stereocenters. The van der Waals surface area contributed by atoms with Crippen LogP contribution in [-0.2, 0) is 4.79 Å². The van der Waals surface area contributed by atoms with Crippen molar-refractivity contribution in [3.05, 3.63) is 52.0 Å². The van der Waals surface area contributed by atoms with E-state index in [9.17, 15) is 4.79 Å². The van der Waals surface area contributed by atoms with Crippen LogP contribution in [0.5, 0.6) is 0 Å². The Morgan fingerprint density at radius 3 is 2.83 bits per heavy atom. The number of halogens is 2. The third-order valence-corrected chi connectivity index (χ3v) is 6.13. The van der Waals surface area contributed by atoms with Crippen LogP contribution in [0.3, 0.4) is 0 Å². The fourth-order valence-electron chi connectivity index (χ4n) is 1.99. The summed E-state index contributed by atoms with van der Waals surface area (Å²) in [5, 5.41) is 3.67. The van der Waals surface area contributed by atoms with Crippen molar-refractivity contribution in [2.45, 2.75) is 11.3 Å². The van der Waals surface area contributed by atoms with Crippen molar-refractivity contribution >= 4 is 68.1 Å². The molecule has 23 heavy (non-hydrogen) atoms. The van der Waals surface area contributed by atoms with Crippen LogP contribution in [0.25, 0.3) is 10.2 Å². The number of carbonyl (C=O) groups excluding carboxylic acids is 1. The van der Waals surface area contributed by atoms with E-state index in [2.05, 4.69) is 10.3 Å². The number of anilines is 1. The monoisotopic (exact) mass is 382 g/mol. The first-order valence-electron chi connectivity index (χ1n) is 6.77. The third-order valence-electron chi connectivity index (χ3n) is 3.15. The van der Waals surface area contributed by atoms with Gasteiger partial charge in [0, 0.05) is 0 Å². The fraction of sp³-hybridized carbons (Fsp3) is 0.125. The SMILES string of the molecule is Cc1ccc(Cl)c(NC(=O)CSc2nc3ccccc3s2)c1Cl. The van der Waals surface area contributed by atoms with Crippen LogP contribution in [0.2, 0.25) is 10.0 Å². The fourth-order valence-corrected chi connectivity index (χ4v) is 4.32. The molecule has 2 aromatic carbocycles. The number of nitrogens with zero attached hydrogens (tertiary/aromatic N) is 1. The summed E-state index contributed by atoms with van der Waals surface area (Å²) in [6.07, 6.45) is 0. The Labute approximate surface area is 152 Å². The molecule has 7 heteroatoms. The van der Waals surface area contributed by atoms with Gasteiger partial charge in [-0.15, -0.1) is 11.3 Å². The number of benzene rings is 2. The number of thioether (sulfide) groups is 1. The van der Waals surface area contributed by atoms with Gasteiger partial charge in [0.2, 0.25) is 5.91 Å². The lowest BCUT2D eigenvalue weighted by molar-refractivity contribution is -0.113. The van der Waals surface area contributed by atoms with Crippen molar-refractivity contribution in [3.8, 4) is 0 Å². The van der Waals surface area contributed by atoms with Crippen molar-refractivity contribution in [2.75, 3.05) is 11.1 Å². The van der Waals surface area contributed by atoms with Gasteiger partial charge < -0.3 is 5.32 Å². The first-order chi connectivity index (χ1) is 11.0. The van der Waals surface area contributed by atoms with Crippen LogP contribution in [-0.4, -0.2) is 16.6 Å². The summed E-state index contributed by atoms with van der Waals surface area (Å²) in [6, 6.07) is 11.4. The summed E-state index contributed by atoms with van der Waals surface area (Å²) in [6.45, 7) is 1.87. The lowest BCUT2D eigenvalue weighted by atomic mass is 10.2. The number of aromatic nitrogens is 1. The highest BCUT2D eigenvalue weighted by atomic mass is 35.5. The molecule has 1 amide bonds. The molecule has 0 saturated heterocycles. The molecule has 0 fully saturated rings. The molecule has 0 radical (unpaired) electrons. The molecule has 118 valence electrons. The Morgan fingerprint density at radius 2 is 2.04 bits per heavy atom. The van der Waals surface area contributed by atoms with Gasteiger partial charge in [0.1, 0.15) is 0 Å². The van der Waals surface area contributed by atoms with Crippen molar-refractivity contribution in [3.63, 3.8) is 0 Å². The number of fused-ring (bicyclic) bond motifs is 1. The van der Waals surface area contributed by atoms with Gasteiger partial charge in [0.15, 0.2) is 4.34 Å². The minimum Gasteiger partial charge on any atom is -0.323 e. The van der Waals surface area contributed by atoms with Gasteiger partial charge in [-0.25, -0.2) is 4.98 Å². The van der Waals surface area contributed by atoms with Gasteiger partial charge in [0.05, 0.1) is 31.7 Å².